The van der Waals surface area contributed by atoms with E-state index in [2.05, 4.69) is 10.1 Å². The Morgan fingerprint density at radius 3 is 2.19 bits per heavy atom. The Bertz CT molecular complexity index is 862. The summed E-state index contributed by atoms with van der Waals surface area (Å²) in [5.41, 5.74) is 0.707. The van der Waals surface area contributed by atoms with Gasteiger partial charge in [-0.2, -0.15) is 8.42 Å². The van der Waals surface area contributed by atoms with Crippen molar-refractivity contribution >= 4 is 22.0 Å². The molecule has 0 spiro atoms. The molecule has 2 rings (SSSR count). The lowest BCUT2D eigenvalue weighted by atomic mass is 10.1. The molecule has 0 aliphatic carbocycles. The summed E-state index contributed by atoms with van der Waals surface area (Å²) in [7, 11) is -2.68. The number of benzene rings is 2. The number of ether oxygens (including phenoxy) is 1. The molecule has 1 N–H and O–H groups in total. The van der Waals surface area contributed by atoms with E-state index in [0.717, 1.165) is 0 Å². The van der Waals surface area contributed by atoms with Crippen LogP contribution in [0.5, 0.6) is 5.75 Å². The smallest absolute Gasteiger partial charge is 0.339 e. The highest BCUT2D eigenvalue weighted by molar-refractivity contribution is 7.87. The van der Waals surface area contributed by atoms with Gasteiger partial charge in [0.1, 0.15) is 16.7 Å². The summed E-state index contributed by atoms with van der Waals surface area (Å²) in [5, 5.41) is 2.51. The van der Waals surface area contributed by atoms with Gasteiger partial charge in [-0.25, -0.2) is 4.79 Å². The van der Waals surface area contributed by atoms with Crippen LogP contribution < -0.4 is 9.50 Å². The predicted molar refractivity (Wildman–Crippen MR) is 94.0 cm³/mol. The normalized spacial score (nSPS) is 12.1. The highest BCUT2D eigenvalue weighted by atomic mass is 32.2. The number of esters is 1. The van der Waals surface area contributed by atoms with Crippen molar-refractivity contribution in [3.8, 4) is 5.75 Å². The van der Waals surface area contributed by atoms with Crippen LogP contribution >= 0.6 is 0 Å². The quantitative estimate of drug-likeness (QED) is 0.582. The topological polar surface area (TPSA) is 98.8 Å². The van der Waals surface area contributed by atoms with Gasteiger partial charge >= 0.3 is 16.1 Å². The van der Waals surface area contributed by atoms with E-state index >= 15 is 0 Å². The van der Waals surface area contributed by atoms with Gasteiger partial charge < -0.3 is 14.2 Å². The molecule has 7 nitrogen and oxygen atoms in total. The summed E-state index contributed by atoms with van der Waals surface area (Å²) < 4.78 is 34.1. The van der Waals surface area contributed by atoms with Crippen molar-refractivity contribution < 1.29 is 26.9 Å². The van der Waals surface area contributed by atoms with Gasteiger partial charge in [-0.3, -0.25) is 4.79 Å². The van der Waals surface area contributed by atoms with Gasteiger partial charge in [0.15, 0.2) is 0 Å². The van der Waals surface area contributed by atoms with Gasteiger partial charge in [-0.1, -0.05) is 30.3 Å². The lowest BCUT2D eigenvalue weighted by molar-refractivity contribution is -0.144. The van der Waals surface area contributed by atoms with Crippen LogP contribution in [0.25, 0.3) is 0 Å². The third kappa shape index (κ3) is 5.32. The third-order valence-electron chi connectivity index (χ3n) is 3.46. The second-order valence-corrected chi connectivity index (χ2v) is 7.02. The van der Waals surface area contributed by atoms with E-state index in [4.69, 9.17) is 4.18 Å². The highest BCUT2D eigenvalue weighted by Crippen LogP contribution is 2.19. The Morgan fingerprint density at radius 1 is 1.04 bits per heavy atom. The van der Waals surface area contributed by atoms with Crippen molar-refractivity contribution in [2.75, 3.05) is 7.11 Å². The minimum atomic E-state index is -3.91. The highest BCUT2D eigenvalue weighted by Gasteiger charge is 2.21. The number of methoxy groups -OCH3 is 1. The molecule has 1 atom stereocenters. The molecule has 0 aromatic heterocycles. The molecular weight excluding hydrogens is 358 g/mol. The van der Waals surface area contributed by atoms with E-state index < -0.39 is 22.1 Å². The zero-order valence-corrected chi connectivity index (χ0v) is 15.2. The van der Waals surface area contributed by atoms with Crippen LogP contribution in [0.4, 0.5) is 0 Å². The van der Waals surface area contributed by atoms with Gasteiger partial charge in [-0.15, -0.1) is 0 Å². The molecule has 0 fully saturated rings. The Morgan fingerprint density at radius 2 is 1.65 bits per heavy atom. The molecular formula is C18H19NO6S. The maximum atomic E-state index is 12.2. The molecule has 8 heteroatoms. The lowest BCUT2D eigenvalue weighted by Gasteiger charge is -2.15. The Balaban J connectivity index is 2.10. The van der Waals surface area contributed by atoms with E-state index in [-0.39, 0.29) is 23.0 Å². The molecule has 0 radical (unpaired) electrons. The van der Waals surface area contributed by atoms with Crippen LogP contribution in [0.15, 0.2) is 59.5 Å². The lowest BCUT2D eigenvalue weighted by Crippen LogP contribution is -2.41. The molecule has 26 heavy (non-hydrogen) atoms. The maximum Gasteiger partial charge on any atom is 0.339 e. The number of carbonyl (C=O) groups excluding carboxylic acids is 2. The molecule has 1 unspecified atom stereocenters. The Labute approximate surface area is 152 Å². The van der Waals surface area contributed by atoms with Crippen molar-refractivity contribution in [1.29, 1.82) is 0 Å². The number of amides is 1. The fourth-order valence-corrected chi connectivity index (χ4v) is 3.21. The molecule has 1 amide bonds. The molecule has 0 heterocycles. The van der Waals surface area contributed by atoms with E-state index in [9.17, 15) is 18.0 Å². The van der Waals surface area contributed by atoms with Gasteiger partial charge in [0.05, 0.1) is 7.11 Å². The standard InChI is InChI=1S/C18H19NO6S/c1-13(20)19-17(18(21)24-2)12-14-8-10-15(11-9-14)25-26(22,23)16-6-4-3-5-7-16/h3-11,17H,12H2,1-2H3,(H,19,20). The number of nitrogens with one attached hydrogen (secondary N) is 1. The van der Waals surface area contributed by atoms with Gasteiger partial charge in [-0.05, 0) is 29.8 Å². The Hall–Kier alpha value is -2.87. The zero-order chi connectivity index (χ0) is 19.2. The molecule has 0 saturated heterocycles. The van der Waals surface area contributed by atoms with Crippen molar-refractivity contribution in [2.45, 2.75) is 24.3 Å². The molecule has 2 aromatic rings. The van der Waals surface area contributed by atoms with Crippen LogP contribution in [-0.4, -0.2) is 33.4 Å². The van der Waals surface area contributed by atoms with Crippen LogP contribution in [0, 0.1) is 0 Å². The molecule has 0 aliphatic rings. The van der Waals surface area contributed by atoms with Crippen molar-refractivity contribution in [3.63, 3.8) is 0 Å². The van der Waals surface area contributed by atoms with Crippen LogP contribution in [0.3, 0.4) is 0 Å². The molecule has 2 aromatic carbocycles. The fraction of sp³-hybridized carbons (Fsp3) is 0.222. The summed E-state index contributed by atoms with van der Waals surface area (Å²) in [6.45, 7) is 1.31. The number of rotatable bonds is 7. The largest absolute Gasteiger partial charge is 0.467 e. The summed E-state index contributed by atoms with van der Waals surface area (Å²) >= 11 is 0. The average molecular weight is 377 g/mol. The zero-order valence-electron chi connectivity index (χ0n) is 14.3. The minimum Gasteiger partial charge on any atom is -0.467 e. The molecule has 138 valence electrons. The first kappa shape index (κ1) is 19.5. The minimum absolute atomic E-state index is 0.0560. The van der Waals surface area contributed by atoms with E-state index in [1.807, 2.05) is 0 Å². The van der Waals surface area contributed by atoms with Crippen molar-refractivity contribution in [2.24, 2.45) is 0 Å². The van der Waals surface area contributed by atoms with Crippen LogP contribution in [0.1, 0.15) is 12.5 Å². The van der Waals surface area contributed by atoms with E-state index in [0.29, 0.717) is 5.56 Å². The van der Waals surface area contributed by atoms with Crippen LogP contribution in [0.2, 0.25) is 0 Å². The number of hydrogen-bond donors (Lipinski definition) is 1. The summed E-state index contributed by atoms with van der Waals surface area (Å²) in [6.07, 6.45) is 0.206. The third-order valence-corrected chi connectivity index (χ3v) is 4.73. The number of carbonyl (C=O) groups is 2. The van der Waals surface area contributed by atoms with Crippen molar-refractivity contribution in [3.05, 3.63) is 60.2 Å². The second-order valence-electron chi connectivity index (χ2n) is 5.47. The first-order valence-electron chi connectivity index (χ1n) is 7.75. The van der Waals surface area contributed by atoms with E-state index in [1.54, 1.807) is 30.3 Å². The monoisotopic (exact) mass is 377 g/mol. The summed E-state index contributed by atoms with van der Waals surface area (Å²) in [6, 6.07) is 13.2. The van der Waals surface area contributed by atoms with Gasteiger partial charge in [0, 0.05) is 13.3 Å². The van der Waals surface area contributed by atoms with Gasteiger partial charge in [0.2, 0.25) is 5.91 Å². The maximum absolute atomic E-state index is 12.2. The first-order chi connectivity index (χ1) is 12.3. The first-order valence-corrected chi connectivity index (χ1v) is 9.16. The Kier molecular flexibility index (Phi) is 6.35. The second kappa shape index (κ2) is 8.48. The molecule has 0 aliphatic heterocycles. The summed E-state index contributed by atoms with van der Waals surface area (Å²) in [4.78, 5) is 23.0. The van der Waals surface area contributed by atoms with Crippen molar-refractivity contribution in [1.82, 2.24) is 5.32 Å². The fourth-order valence-electron chi connectivity index (χ4n) is 2.26. The van der Waals surface area contributed by atoms with Crippen LogP contribution in [-0.2, 0) is 30.9 Å². The number of hydrogen-bond acceptors (Lipinski definition) is 6. The SMILES string of the molecule is COC(=O)C(Cc1ccc(OS(=O)(=O)c2ccccc2)cc1)NC(C)=O. The predicted octanol–water partition coefficient (Wildman–Crippen LogP) is 1.67. The van der Waals surface area contributed by atoms with E-state index in [1.165, 1.54) is 38.3 Å². The molecule has 0 bridgehead atoms. The average Bonchev–Trinajstić information content (AvgIpc) is 2.62. The van der Waals surface area contributed by atoms with Gasteiger partial charge in [0.25, 0.3) is 0 Å². The molecule has 0 saturated carbocycles. The summed E-state index contributed by atoms with van der Waals surface area (Å²) in [5.74, 6) is -0.770.